The molecule has 2 N–H and O–H groups in total. The van der Waals surface area contributed by atoms with Gasteiger partial charge in [0.15, 0.2) is 6.10 Å². The summed E-state index contributed by atoms with van der Waals surface area (Å²) in [7, 11) is 0. The van der Waals surface area contributed by atoms with Crippen LogP contribution in [-0.4, -0.2) is 36.5 Å². The molecule has 0 saturated carbocycles. The van der Waals surface area contributed by atoms with E-state index in [1.165, 1.54) is 13.0 Å². The highest BCUT2D eigenvalue weighted by Gasteiger charge is 2.36. The summed E-state index contributed by atoms with van der Waals surface area (Å²) in [5.41, 5.74) is 2.56. The first kappa shape index (κ1) is 19.5. The number of hydrogen-bond donors (Lipinski definition) is 2. The van der Waals surface area contributed by atoms with E-state index in [2.05, 4.69) is 15.5 Å². The van der Waals surface area contributed by atoms with Crippen LogP contribution in [0.5, 0.6) is 0 Å². The minimum absolute atomic E-state index is 0.0714. The summed E-state index contributed by atoms with van der Waals surface area (Å²) >= 11 is 0. The molecule has 2 heterocycles. The highest BCUT2D eigenvalue weighted by atomic mass is 16.5. The maximum Gasteiger partial charge on any atom is 0.338 e. The molecule has 0 aromatic heterocycles. The first-order valence-electron chi connectivity index (χ1n) is 9.70. The summed E-state index contributed by atoms with van der Waals surface area (Å²) in [6.45, 7) is 2.27. The van der Waals surface area contributed by atoms with E-state index in [-0.39, 0.29) is 17.5 Å². The average Bonchev–Trinajstić information content (AvgIpc) is 3.24. The molecular formula is C22H20N4O4. The quantitative estimate of drug-likeness (QED) is 0.758. The fraction of sp³-hybridized carbons (Fsp3) is 0.273. The molecule has 0 unspecified atom stereocenters. The molecule has 8 nitrogen and oxygen atoms in total. The Hall–Kier alpha value is -3.86. The molecule has 0 radical (unpaired) electrons. The van der Waals surface area contributed by atoms with E-state index in [9.17, 15) is 14.4 Å². The predicted octanol–water partition coefficient (Wildman–Crippen LogP) is 2.66. The molecule has 1 fully saturated rings. The van der Waals surface area contributed by atoms with Crippen molar-refractivity contribution in [1.82, 2.24) is 0 Å². The Morgan fingerprint density at radius 3 is 2.93 bits per heavy atom. The number of esters is 1. The Kier molecular flexibility index (Phi) is 5.11. The van der Waals surface area contributed by atoms with Crippen molar-refractivity contribution >= 4 is 34.8 Å². The van der Waals surface area contributed by atoms with Gasteiger partial charge in [0.2, 0.25) is 5.91 Å². The Bertz CT molecular complexity index is 1080. The van der Waals surface area contributed by atoms with Crippen molar-refractivity contribution in [3.05, 3.63) is 53.6 Å². The number of benzene rings is 2. The number of nitrogens with zero attached hydrogens (tertiary/aromatic N) is 2. The fourth-order valence-corrected chi connectivity index (χ4v) is 3.75. The summed E-state index contributed by atoms with van der Waals surface area (Å²) in [5, 5.41) is 14.4. The third kappa shape index (κ3) is 3.70. The second-order valence-corrected chi connectivity index (χ2v) is 7.30. The van der Waals surface area contributed by atoms with E-state index in [4.69, 9.17) is 10.00 Å². The van der Waals surface area contributed by atoms with E-state index < -0.39 is 18.0 Å². The van der Waals surface area contributed by atoms with Crippen LogP contribution in [0.1, 0.15) is 35.7 Å². The molecule has 30 heavy (non-hydrogen) atoms. The van der Waals surface area contributed by atoms with Crippen molar-refractivity contribution < 1.29 is 19.1 Å². The lowest BCUT2D eigenvalue weighted by molar-refractivity contribution is -0.123. The standard InChI is InChI=1S/C22H20N4O4/c1-13(20(27)24-16-5-2-4-14(10-16)12-23)30-22(29)15-7-8-18-17(11-15)25-21(28)19-6-3-9-26(18)19/h2,4-5,7-8,10-11,13,19H,3,6,9H2,1H3,(H,24,27)(H,25,28)/t13-,19-/m0/s1. The zero-order valence-electron chi connectivity index (χ0n) is 16.3. The Morgan fingerprint density at radius 1 is 1.30 bits per heavy atom. The predicted molar refractivity (Wildman–Crippen MR) is 110 cm³/mol. The zero-order valence-corrected chi connectivity index (χ0v) is 16.3. The molecule has 8 heteroatoms. The monoisotopic (exact) mass is 404 g/mol. The Morgan fingerprint density at radius 2 is 2.13 bits per heavy atom. The van der Waals surface area contributed by atoms with Gasteiger partial charge in [-0.2, -0.15) is 5.26 Å². The topological polar surface area (TPSA) is 112 Å². The first-order valence-corrected chi connectivity index (χ1v) is 9.70. The number of nitrogens with one attached hydrogen (secondary N) is 2. The minimum atomic E-state index is -1.04. The van der Waals surface area contributed by atoms with Crippen LogP contribution >= 0.6 is 0 Å². The van der Waals surface area contributed by atoms with Gasteiger partial charge in [-0.1, -0.05) is 6.07 Å². The number of fused-ring (bicyclic) bond motifs is 3. The van der Waals surface area contributed by atoms with Crippen LogP contribution in [0, 0.1) is 11.3 Å². The molecule has 2 amide bonds. The van der Waals surface area contributed by atoms with Gasteiger partial charge in [-0.15, -0.1) is 0 Å². The Labute approximate surface area is 173 Å². The number of carbonyl (C=O) groups is 3. The summed E-state index contributed by atoms with van der Waals surface area (Å²) < 4.78 is 5.29. The summed E-state index contributed by atoms with van der Waals surface area (Å²) in [4.78, 5) is 39.2. The van der Waals surface area contributed by atoms with E-state index in [1.807, 2.05) is 6.07 Å². The lowest BCUT2D eigenvalue weighted by atomic mass is 10.1. The molecular weight excluding hydrogens is 384 g/mol. The summed E-state index contributed by atoms with van der Waals surface area (Å²) in [6.07, 6.45) is 0.723. The fourth-order valence-electron chi connectivity index (χ4n) is 3.75. The molecule has 2 aliphatic heterocycles. The van der Waals surface area contributed by atoms with E-state index in [0.29, 0.717) is 16.9 Å². The van der Waals surface area contributed by atoms with Gasteiger partial charge in [-0.3, -0.25) is 9.59 Å². The molecule has 2 atom stereocenters. The Balaban J connectivity index is 1.43. The first-order chi connectivity index (χ1) is 14.5. The van der Waals surface area contributed by atoms with Crippen LogP contribution in [0.25, 0.3) is 0 Å². The minimum Gasteiger partial charge on any atom is -0.449 e. The lowest BCUT2D eigenvalue weighted by Gasteiger charge is -2.33. The van der Waals surface area contributed by atoms with Gasteiger partial charge in [-0.05, 0) is 56.2 Å². The SMILES string of the molecule is C[C@H](OC(=O)c1ccc2c(c1)NC(=O)[C@@H]1CCCN21)C(=O)Nc1cccc(C#N)c1. The van der Waals surface area contributed by atoms with Gasteiger partial charge >= 0.3 is 5.97 Å². The molecule has 0 bridgehead atoms. The highest BCUT2D eigenvalue weighted by molar-refractivity contribution is 6.05. The maximum absolute atomic E-state index is 12.5. The molecule has 2 aromatic carbocycles. The van der Waals surface area contributed by atoms with Crippen LogP contribution in [-0.2, 0) is 14.3 Å². The largest absolute Gasteiger partial charge is 0.449 e. The number of anilines is 3. The van der Waals surface area contributed by atoms with Gasteiger partial charge in [0.1, 0.15) is 6.04 Å². The van der Waals surface area contributed by atoms with Crippen molar-refractivity contribution in [3.63, 3.8) is 0 Å². The van der Waals surface area contributed by atoms with Crippen LogP contribution < -0.4 is 15.5 Å². The van der Waals surface area contributed by atoms with Gasteiger partial charge in [-0.25, -0.2) is 4.79 Å². The average molecular weight is 404 g/mol. The zero-order chi connectivity index (χ0) is 21.3. The molecule has 0 spiro atoms. The van der Waals surface area contributed by atoms with Crippen LogP contribution in [0.3, 0.4) is 0 Å². The van der Waals surface area contributed by atoms with Crippen LogP contribution in [0.2, 0.25) is 0 Å². The van der Waals surface area contributed by atoms with Gasteiger partial charge in [0.25, 0.3) is 5.91 Å². The normalized spacial score (nSPS) is 17.8. The number of rotatable bonds is 4. The summed E-state index contributed by atoms with van der Waals surface area (Å²) in [5.74, 6) is -1.24. The molecule has 152 valence electrons. The summed E-state index contributed by atoms with van der Waals surface area (Å²) in [6, 6.07) is 13.3. The number of carbonyl (C=O) groups excluding carboxylic acids is 3. The maximum atomic E-state index is 12.5. The molecule has 2 aromatic rings. The van der Waals surface area contributed by atoms with E-state index >= 15 is 0 Å². The van der Waals surface area contributed by atoms with Crippen LogP contribution in [0.15, 0.2) is 42.5 Å². The number of ether oxygens (including phenoxy) is 1. The number of nitriles is 1. The smallest absolute Gasteiger partial charge is 0.338 e. The van der Waals surface area contributed by atoms with E-state index in [1.54, 1.807) is 36.4 Å². The van der Waals surface area contributed by atoms with Gasteiger partial charge in [0.05, 0.1) is 28.6 Å². The molecule has 2 aliphatic rings. The van der Waals surface area contributed by atoms with Crippen molar-refractivity contribution in [2.24, 2.45) is 0 Å². The second-order valence-electron chi connectivity index (χ2n) is 7.30. The van der Waals surface area contributed by atoms with Crippen molar-refractivity contribution in [3.8, 4) is 6.07 Å². The van der Waals surface area contributed by atoms with Gasteiger partial charge in [0, 0.05) is 12.2 Å². The van der Waals surface area contributed by atoms with Gasteiger partial charge < -0.3 is 20.3 Å². The molecule has 0 aliphatic carbocycles. The van der Waals surface area contributed by atoms with E-state index in [0.717, 1.165) is 25.1 Å². The van der Waals surface area contributed by atoms with Crippen molar-refractivity contribution in [1.29, 1.82) is 5.26 Å². The highest BCUT2D eigenvalue weighted by Crippen LogP contribution is 2.37. The number of hydrogen-bond acceptors (Lipinski definition) is 6. The van der Waals surface area contributed by atoms with Crippen LogP contribution in [0.4, 0.5) is 17.1 Å². The van der Waals surface area contributed by atoms with Crippen molar-refractivity contribution in [2.75, 3.05) is 22.1 Å². The lowest BCUT2D eigenvalue weighted by Crippen LogP contribution is -2.43. The third-order valence-electron chi connectivity index (χ3n) is 5.27. The third-order valence-corrected chi connectivity index (χ3v) is 5.27. The second kappa shape index (κ2) is 7.87. The number of amides is 2. The molecule has 4 rings (SSSR count). The van der Waals surface area contributed by atoms with Crippen molar-refractivity contribution in [2.45, 2.75) is 31.9 Å². The molecule has 1 saturated heterocycles.